The molecule has 0 atom stereocenters. The summed E-state index contributed by atoms with van der Waals surface area (Å²) in [6.07, 6.45) is 1.66. The van der Waals surface area contributed by atoms with Crippen LogP contribution in [0.15, 0.2) is 79.0 Å². The summed E-state index contributed by atoms with van der Waals surface area (Å²) in [6, 6.07) is 23.2. The van der Waals surface area contributed by atoms with Gasteiger partial charge in [-0.1, -0.05) is 24.3 Å². The van der Waals surface area contributed by atoms with Crippen molar-refractivity contribution in [2.45, 2.75) is 0 Å². The molecule has 4 rings (SSSR count). The summed E-state index contributed by atoms with van der Waals surface area (Å²) >= 11 is 0. The van der Waals surface area contributed by atoms with Gasteiger partial charge in [-0.3, -0.25) is 4.98 Å². The van der Waals surface area contributed by atoms with Crippen LogP contribution in [0.25, 0.3) is 22.0 Å². The summed E-state index contributed by atoms with van der Waals surface area (Å²) < 4.78 is 0. The predicted octanol–water partition coefficient (Wildman–Crippen LogP) is 5.08. The first-order chi connectivity index (χ1) is 12.7. The minimum Gasteiger partial charge on any atom is -0.399 e. The zero-order chi connectivity index (χ0) is 17.9. The van der Waals surface area contributed by atoms with Crippen LogP contribution in [0.1, 0.15) is 0 Å². The molecule has 0 fully saturated rings. The Kier molecular flexibility index (Phi) is 5.70. The molecule has 27 heavy (non-hydrogen) atoms. The molecule has 0 aliphatic carbocycles. The molecule has 0 aliphatic rings. The number of nitrogens with zero attached hydrogens (tertiary/aromatic N) is 1. The summed E-state index contributed by atoms with van der Waals surface area (Å²) in [4.78, 5) is 8.69. The van der Waals surface area contributed by atoms with Crippen LogP contribution in [-0.2, 0) is 19.5 Å². The van der Waals surface area contributed by atoms with Crippen LogP contribution in [0.3, 0.4) is 0 Å². The van der Waals surface area contributed by atoms with E-state index in [9.17, 15) is 0 Å². The van der Waals surface area contributed by atoms with Gasteiger partial charge in [0.25, 0.3) is 0 Å². The van der Waals surface area contributed by atoms with E-state index in [0.29, 0.717) is 11.3 Å². The van der Waals surface area contributed by atoms with Crippen molar-refractivity contribution in [3.63, 3.8) is 0 Å². The van der Waals surface area contributed by atoms with Crippen LogP contribution in [0, 0.1) is 0 Å². The van der Waals surface area contributed by atoms with E-state index in [0.717, 1.165) is 33.6 Å². The zero-order valence-corrected chi connectivity index (χ0v) is 17.6. The van der Waals surface area contributed by atoms with Crippen LogP contribution in [0.4, 0.5) is 17.1 Å². The minimum absolute atomic E-state index is 0. The second kappa shape index (κ2) is 8.17. The molecule has 4 aromatic rings. The van der Waals surface area contributed by atoms with Crippen molar-refractivity contribution in [1.29, 1.82) is 0 Å². The van der Waals surface area contributed by atoms with Crippen molar-refractivity contribution < 1.29 is 29.6 Å². The van der Waals surface area contributed by atoms with E-state index in [2.05, 4.69) is 27.3 Å². The Morgan fingerprint density at radius 1 is 0.852 bits per heavy atom. The third kappa shape index (κ3) is 3.92. The Morgan fingerprint density at radius 3 is 2.19 bits per heavy atom. The summed E-state index contributed by atoms with van der Waals surface area (Å²) in [7, 11) is 0. The average Bonchev–Trinajstić information content (AvgIpc) is 2.69. The fraction of sp³-hybridized carbons (Fsp3) is 0. The van der Waals surface area contributed by atoms with E-state index in [-0.39, 0.29) is 19.5 Å². The van der Waals surface area contributed by atoms with Gasteiger partial charge in [0, 0.05) is 48.1 Å². The maximum absolute atomic E-state index is 9.00. The summed E-state index contributed by atoms with van der Waals surface area (Å²) in [5.74, 6) is 0.324. The molecule has 4 N–H and O–H groups in total. The SMILES string of the molecule is Nc1ccc(-c2ccc(Nc3ccc(OO)c4ncccc34)cc2)cc1.[Zn]. The first-order valence-corrected chi connectivity index (χ1v) is 8.17. The van der Waals surface area contributed by atoms with Crippen molar-refractivity contribution in [3.05, 3.63) is 79.0 Å². The van der Waals surface area contributed by atoms with Crippen molar-refractivity contribution in [3.8, 4) is 16.9 Å². The molecule has 0 spiro atoms. The number of nitrogen functional groups attached to an aromatic ring is 1. The second-order valence-corrected chi connectivity index (χ2v) is 5.93. The number of fused-ring (bicyclic) bond motifs is 1. The molecule has 5 nitrogen and oxygen atoms in total. The number of pyridine rings is 1. The minimum atomic E-state index is 0. The first-order valence-electron chi connectivity index (χ1n) is 8.17. The molecule has 0 unspecified atom stereocenters. The molecule has 130 valence electrons. The first kappa shape index (κ1) is 18.8. The molecule has 0 saturated heterocycles. The Bertz CT molecular complexity index is 1050. The molecule has 3 aromatic carbocycles. The van der Waals surface area contributed by atoms with Gasteiger partial charge in [0.15, 0.2) is 5.75 Å². The van der Waals surface area contributed by atoms with Gasteiger partial charge in [0.2, 0.25) is 0 Å². The fourth-order valence-corrected chi connectivity index (χ4v) is 2.91. The fourth-order valence-electron chi connectivity index (χ4n) is 2.91. The van der Waals surface area contributed by atoms with E-state index in [1.54, 1.807) is 12.3 Å². The Hall–Kier alpha value is -2.95. The van der Waals surface area contributed by atoms with Gasteiger partial charge >= 0.3 is 0 Å². The van der Waals surface area contributed by atoms with Gasteiger partial charge in [0.1, 0.15) is 5.52 Å². The molecule has 0 aliphatic heterocycles. The van der Waals surface area contributed by atoms with Gasteiger partial charge in [-0.15, -0.1) is 0 Å². The van der Waals surface area contributed by atoms with Crippen LogP contribution in [0.5, 0.6) is 5.75 Å². The topological polar surface area (TPSA) is 80.4 Å². The molecular formula is C21H17N3O2Zn. The van der Waals surface area contributed by atoms with Gasteiger partial charge < -0.3 is 15.9 Å². The third-order valence-electron chi connectivity index (χ3n) is 4.24. The zero-order valence-electron chi connectivity index (χ0n) is 14.6. The van der Waals surface area contributed by atoms with Crippen molar-refractivity contribution in [2.24, 2.45) is 0 Å². The van der Waals surface area contributed by atoms with Crippen molar-refractivity contribution >= 4 is 28.0 Å². The summed E-state index contributed by atoms with van der Waals surface area (Å²) in [6.45, 7) is 0. The van der Waals surface area contributed by atoms with Gasteiger partial charge in [-0.25, -0.2) is 5.26 Å². The molecule has 1 heterocycles. The number of hydrogen-bond donors (Lipinski definition) is 3. The molecule has 0 amide bonds. The third-order valence-corrected chi connectivity index (χ3v) is 4.24. The Balaban J connectivity index is 0.00000210. The number of aromatic nitrogens is 1. The predicted molar refractivity (Wildman–Crippen MR) is 105 cm³/mol. The quantitative estimate of drug-likeness (QED) is 0.190. The summed E-state index contributed by atoms with van der Waals surface area (Å²) in [5.41, 5.74) is 11.2. The normalized spacial score (nSPS) is 10.3. The van der Waals surface area contributed by atoms with Crippen LogP contribution in [-0.4, -0.2) is 10.2 Å². The molecule has 1 aromatic heterocycles. The van der Waals surface area contributed by atoms with Gasteiger partial charge in [0.05, 0.1) is 0 Å². The van der Waals surface area contributed by atoms with E-state index in [1.807, 2.05) is 54.6 Å². The van der Waals surface area contributed by atoms with Crippen molar-refractivity contribution in [1.82, 2.24) is 4.98 Å². The summed E-state index contributed by atoms with van der Waals surface area (Å²) in [5, 5.41) is 13.3. The van der Waals surface area contributed by atoms with Crippen molar-refractivity contribution in [2.75, 3.05) is 11.1 Å². The van der Waals surface area contributed by atoms with E-state index in [1.165, 1.54) is 0 Å². The second-order valence-electron chi connectivity index (χ2n) is 5.93. The van der Waals surface area contributed by atoms with Gasteiger partial charge in [-0.05, 0) is 59.7 Å². The van der Waals surface area contributed by atoms with Crippen LogP contribution >= 0.6 is 0 Å². The molecule has 0 saturated carbocycles. The maximum Gasteiger partial charge on any atom is 0.191 e. The number of nitrogens with two attached hydrogens (primary N) is 1. The van der Waals surface area contributed by atoms with Crippen LogP contribution in [0.2, 0.25) is 0 Å². The molecular weight excluding hydrogens is 392 g/mol. The smallest absolute Gasteiger partial charge is 0.191 e. The molecule has 0 bridgehead atoms. The Labute approximate surface area is 169 Å². The standard InChI is InChI=1S/C21H17N3O2.Zn/c22-16-7-3-14(4-8-16)15-5-9-17(10-6-15)24-19-11-12-20(26-25)21-18(19)2-1-13-23-21;/h1-13,24-25H,22H2;. The van der Waals surface area contributed by atoms with E-state index >= 15 is 0 Å². The Morgan fingerprint density at radius 2 is 1.52 bits per heavy atom. The van der Waals surface area contributed by atoms with Crippen LogP contribution < -0.4 is 15.9 Å². The van der Waals surface area contributed by atoms with E-state index in [4.69, 9.17) is 11.0 Å². The number of rotatable bonds is 4. The number of benzene rings is 3. The molecule has 6 heteroatoms. The number of anilines is 3. The largest absolute Gasteiger partial charge is 0.399 e. The molecule has 0 radical (unpaired) electrons. The van der Waals surface area contributed by atoms with E-state index < -0.39 is 0 Å². The average molecular weight is 409 g/mol. The monoisotopic (exact) mass is 407 g/mol. The maximum atomic E-state index is 9.00. The number of hydrogen-bond acceptors (Lipinski definition) is 5. The number of nitrogens with one attached hydrogen (secondary N) is 1. The van der Waals surface area contributed by atoms with Gasteiger partial charge in [-0.2, -0.15) is 0 Å².